The standard InChI is InChI=1S/C28H44N2/c1-3-5-7-9-11-13-15-17-19-25-21-22-26(28(24-30)27(25)23-29)20-18-16-14-12-10-8-6-4-2/h21-22H,3-20H2,1-2H3. The summed E-state index contributed by atoms with van der Waals surface area (Å²) in [5.41, 5.74) is 3.41. The summed E-state index contributed by atoms with van der Waals surface area (Å²) in [6.07, 6.45) is 22.5. The molecule has 0 bridgehead atoms. The molecule has 0 aliphatic carbocycles. The second-order valence-corrected chi connectivity index (χ2v) is 8.81. The summed E-state index contributed by atoms with van der Waals surface area (Å²) in [5, 5.41) is 19.4. The Morgan fingerprint density at radius 3 is 1.10 bits per heavy atom. The van der Waals surface area contributed by atoms with Crippen molar-refractivity contribution < 1.29 is 0 Å². The summed E-state index contributed by atoms with van der Waals surface area (Å²) in [6.45, 7) is 4.51. The van der Waals surface area contributed by atoms with Crippen LogP contribution in [0.1, 0.15) is 139 Å². The molecule has 2 heteroatoms. The first-order valence-electron chi connectivity index (χ1n) is 12.7. The summed E-state index contributed by atoms with van der Waals surface area (Å²) in [7, 11) is 0. The van der Waals surface area contributed by atoms with Crippen molar-refractivity contribution in [1.82, 2.24) is 0 Å². The van der Waals surface area contributed by atoms with Gasteiger partial charge in [-0.2, -0.15) is 10.5 Å². The highest BCUT2D eigenvalue weighted by Crippen LogP contribution is 2.23. The molecule has 0 aliphatic rings. The molecule has 0 atom stereocenters. The van der Waals surface area contributed by atoms with E-state index in [4.69, 9.17) is 0 Å². The molecular weight excluding hydrogens is 364 g/mol. The highest BCUT2D eigenvalue weighted by Gasteiger charge is 2.13. The fourth-order valence-electron chi connectivity index (χ4n) is 4.26. The van der Waals surface area contributed by atoms with Gasteiger partial charge in [0.1, 0.15) is 12.1 Å². The molecule has 0 saturated heterocycles. The topological polar surface area (TPSA) is 47.6 Å². The Hall–Kier alpha value is -1.80. The van der Waals surface area contributed by atoms with Crippen LogP contribution in [0.15, 0.2) is 12.1 Å². The predicted molar refractivity (Wildman–Crippen MR) is 129 cm³/mol. The summed E-state index contributed by atoms with van der Waals surface area (Å²) >= 11 is 0. The van der Waals surface area contributed by atoms with Crippen molar-refractivity contribution in [3.05, 3.63) is 34.4 Å². The van der Waals surface area contributed by atoms with Gasteiger partial charge < -0.3 is 0 Å². The number of aryl methyl sites for hydroxylation is 2. The number of hydrogen-bond donors (Lipinski definition) is 0. The lowest BCUT2D eigenvalue weighted by molar-refractivity contribution is 0.574. The molecule has 0 radical (unpaired) electrons. The van der Waals surface area contributed by atoms with Crippen LogP contribution < -0.4 is 0 Å². The van der Waals surface area contributed by atoms with E-state index in [1.165, 1.54) is 89.9 Å². The van der Waals surface area contributed by atoms with Crippen LogP contribution >= 0.6 is 0 Å². The van der Waals surface area contributed by atoms with Gasteiger partial charge in [-0.3, -0.25) is 0 Å². The minimum atomic E-state index is 0.637. The zero-order valence-corrected chi connectivity index (χ0v) is 19.8. The molecule has 2 nitrogen and oxygen atoms in total. The quantitative estimate of drug-likeness (QED) is 0.228. The second-order valence-electron chi connectivity index (χ2n) is 8.81. The number of nitriles is 2. The third-order valence-electron chi connectivity index (χ3n) is 6.20. The minimum absolute atomic E-state index is 0.637. The zero-order chi connectivity index (χ0) is 21.9. The van der Waals surface area contributed by atoms with Gasteiger partial charge in [0.25, 0.3) is 0 Å². The summed E-state index contributed by atoms with van der Waals surface area (Å²) in [4.78, 5) is 0. The molecule has 1 aromatic rings. The number of benzene rings is 1. The van der Waals surface area contributed by atoms with Gasteiger partial charge in [0.05, 0.1) is 11.1 Å². The molecule has 0 saturated carbocycles. The van der Waals surface area contributed by atoms with Crippen LogP contribution in [-0.2, 0) is 12.8 Å². The van der Waals surface area contributed by atoms with E-state index in [-0.39, 0.29) is 0 Å². The number of rotatable bonds is 18. The Labute approximate surface area is 186 Å². The van der Waals surface area contributed by atoms with Gasteiger partial charge >= 0.3 is 0 Å². The smallest absolute Gasteiger partial charge is 0.101 e. The van der Waals surface area contributed by atoms with Gasteiger partial charge in [0.15, 0.2) is 0 Å². The Bertz CT molecular complexity index is 591. The van der Waals surface area contributed by atoms with Crippen molar-refractivity contribution in [3.63, 3.8) is 0 Å². The Morgan fingerprint density at radius 2 is 0.800 bits per heavy atom. The number of hydrogen-bond acceptors (Lipinski definition) is 2. The molecule has 0 spiro atoms. The first kappa shape index (κ1) is 26.2. The van der Waals surface area contributed by atoms with Crippen LogP contribution in [0.4, 0.5) is 0 Å². The van der Waals surface area contributed by atoms with Crippen LogP contribution in [0.25, 0.3) is 0 Å². The maximum absolute atomic E-state index is 9.69. The van der Waals surface area contributed by atoms with E-state index in [0.717, 1.165) is 36.8 Å². The van der Waals surface area contributed by atoms with Gasteiger partial charge in [-0.05, 0) is 36.8 Å². The Kier molecular flexibility index (Phi) is 15.7. The van der Waals surface area contributed by atoms with Crippen LogP contribution in [0.2, 0.25) is 0 Å². The van der Waals surface area contributed by atoms with Crippen molar-refractivity contribution in [1.29, 1.82) is 10.5 Å². The fraction of sp³-hybridized carbons (Fsp3) is 0.714. The van der Waals surface area contributed by atoms with Gasteiger partial charge in [-0.25, -0.2) is 0 Å². The van der Waals surface area contributed by atoms with Crippen molar-refractivity contribution in [2.24, 2.45) is 0 Å². The van der Waals surface area contributed by atoms with Gasteiger partial charge in [-0.15, -0.1) is 0 Å². The van der Waals surface area contributed by atoms with Crippen molar-refractivity contribution in [3.8, 4) is 12.1 Å². The van der Waals surface area contributed by atoms with E-state index in [1.54, 1.807) is 0 Å². The average Bonchev–Trinajstić information content (AvgIpc) is 2.77. The van der Waals surface area contributed by atoms with E-state index in [2.05, 4.69) is 38.1 Å². The lowest BCUT2D eigenvalue weighted by Crippen LogP contribution is -2.00. The highest BCUT2D eigenvalue weighted by molar-refractivity contribution is 5.54. The van der Waals surface area contributed by atoms with Crippen LogP contribution in [-0.4, -0.2) is 0 Å². The first-order valence-corrected chi connectivity index (χ1v) is 12.7. The van der Waals surface area contributed by atoms with Crippen LogP contribution in [0.3, 0.4) is 0 Å². The zero-order valence-electron chi connectivity index (χ0n) is 19.8. The van der Waals surface area contributed by atoms with Crippen molar-refractivity contribution >= 4 is 0 Å². The van der Waals surface area contributed by atoms with Gasteiger partial charge in [0.2, 0.25) is 0 Å². The van der Waals surface area contributed by atoms with Gasteiger partial charge in [0, 0.05) is 0 Å². The fourth-order valence-corrected chi connectivity index (χ4v) is 4.26. The summed E-state index contributed by atoms with van der Waals surface area (Å²) < 4.78 is 0. The molecule has 0 N–H and O–H groups in total. The molecule has 0 aromatic heterocycles. The molecule has 166 valence electrons. The summed E-state index contributed by atoms with van der Waals surface area (Å²) in [6, 6.07) is 8.90. The minimum Gasteiger partial charge on any atom is -0.192 e. The first-order chi connectivity index (χ1) is 14.8. The van der Waals surface area contributed by atoms with Gasteiger partial charge in [-0.1, -0.05) is 116 Å². The SMILES string of the molecule is CCCCCCCCCCc1ccc(CCCCCCCCCC)c(C#N)c1C#N. The molecular formula is C28H44N2. The molecule has 0 heterocycles. The highest BCUT2D eigenvalue weighted by atomic mass is 14.3. The van der Waals surface area contributed by atoms with Crippen LogP contribution in [0.5, 0.6) is 0 Å². The molecule has 30 heavy (non-hydrogen) atoms. The molecule has 0 aliphatic heterocycles. The van der Waals surface area contributed by atoms with E-state index in [9.17, 15) is 10.5 Å². The Morgan fingerprint density at radius 1 is 0.500 bits per heavy atom. The number of nitrogens with zero attached hydrogens (tertiary/aromatic N) is 2. The maximum atomic E-state index is 9.69. The molecule has 0 amide bonds. The van der Waals surface area contributed by atoms with Crippen molar-refractivity contribution in [2.45, 2.75) is 129 Å². The van der Waals surface area contributed by atoms with Crippen LogP contribution in [0, 0.1) is 22.7 Å². The maximum Gasteiger partial charge on any atom is 0.101 e. The normalized spacial score (nSPS) is 10.7. The third-order valence-corrected chi connectivity index (χ3v) is 6.20. The monoisotopic (exact) mass is 408 g/mol. The summed E-state index contributed by atoms with van der Waals surface area (Å²) in [5.74, 6) is 0. The van der Waals surface area contributed by atoms with E-state index >= 15 is 0 Å². The van der Waals surface area contributed by atoms with E-state index < -0.39 is 0 Å². The van der Waals surface area contributed by atoms with Crippen molar-refractivity contribution in [2.75, 3.05) is 0 Å². The molecule has 0 fully saturated rings. The van der Waals surface area contributed by atoms with E-state index in [1.807, 2.05) is 0 Å². The molecule has 1 rings (SSSR count). The third kappa shape index (κ3) is 10.8. The predicted octanol–water partition coefficient (Wildman–Crippen LogP) is 8.80. The largest absolute Gasteiger partial charge is 0.192 e. The van der Waals surface area contributed by atoms with E-state index in [0.29, 0.717) is 11.1 Å². The average molecular weight is 409 g/mol. The Balaban J connectivity index is 2.42. The lowest BCUT2D eigenvalue weighted by atomic mass is 9.91. The molecule has 0 unspecified atom stereocenters. The second kappa shape index (κ2) is 18.0. The lowest BCUT2D eigenvalue weighted by Gasteiger charge is -2.11. The molecule has 1 aromatic carbocycles. The number of unbranched alkanes of at least 4 members (excludes halogenated alkanes) is 14.